The van der Waals surface area contributed by atoms with Gasteiger partial charge in [-0.25, -0.2) is 0 Å². The van der Waals surface area contributed by atoms with Gasteiger partial charge in [0.15, 0.2) is 0 Å². The first-order valence-electron chi connectivity index (χ1n) is 10.9. The molecule has 6 heteroatoms. The van der Waals surface area contributed by atoms with Gasteiger partial charge >= 0.3 is 5.97 Å². The summed E-state index contributed by atoms with van der Waals surface area (Å²) in [4.78, 5) is 26.0. The third-order valence-corrected chi connectivity index (χ3v) is 6.16. The van der Waals surface area contributed by atoms with Crippen molar-refractivity contribution in [3.8, 4) is 11.1 Å². The van der Waals surface area contributed by atoms with Crippen LogP contribution >= 0.6 is 11.6 Å². The first-order chi connectivity index (χ1) is 15.6. The van der Waals surface area contributed by atoms with Gasteiger partial charge in [-0.15, -0.1) is 0 Å². The number of nitrogens with one attached hydrogen (secondary N) is 1. The van der Waals surface area contributed by atoms with Crippen LogP contribution in [0.15, 0.2) is 54.6 Å². The second kappa shape index (κ2) is 10.1. The van der Waals surface area contributed by atoms with Crippen molar-refractivity contribution in [1.82, 2.24) is 5.32 Å². The summed E-state index contributed by atoms with van der Waals surface area (Å²) in [5.74, 6) is -1.45. The Morgan fingerprint density at radius 2 is 1.58 bits per heavy atom. The molecule has 0 spiro atoms. The van der Waals surface area contributed by atoms with Crippen LogP contribution in [-0.4, -0.2) is 29.6 Å². The predicted molar refractivity (Wildman–Crippen MR) is 135 cm³/mol. The molecule has 2 N–H and O–H groups in total. The van der Waals surface area contributed by atoms with E-state index >= 15 is 0 Å². The Morgan fingerprint density at radius 1 is 0.939 bits per heavy atom. The van der Waals surface area contributed by atoms with Crippen molar-refractivity contribution in [2.75, 3.05) is 11.4 Å². The minimum atomic E-state index is -1.07. The molecule has 172 valence electrons. The number of halogens is 1. The van der Waals surface area contributed by atoms with Crippen LogP contribution in [0.4, 0.5) is 11.4 Å². The van der Waals surface area contributed by atoms with Gasteiger partial charge in [0, 0.05) is 28.5 Å². The summed E-state index contributed by atoms with van der Waals surface area (Å²) in [5, 5.41) is 12.4. The Labute approximate surface area is 200 Å². The standard InChI is InChI=1S/C27H29ClN2O3/c1-6-30(23-10-11-24(28)16(2)14-23)22-9-7-8-20(15-22)21-12-17(3)25(18(4)13-21)26(31)29-19(5)27(32)33/h7-15,19H,6H2,1-5H3,(H,29,31)(H,32,33). The molecule has 33 heavy (non-hydrogen) atoms. The van der Waals surface area contributed by atoms with E-state index in [0.717, 1.165) is 50.8 Å². The second-order valence-electron chi connectivity index (χ2n) is 8.25. The number of aryl methyl sites for hydroxylation is 3. The van der Waals surface area contributed by atoms with Crippen LogP contribution in [0.5, 0.6) is 0 Å². The molecule has 0 fully saturated rings. The SMILES string of the molecule is CCN(c1cccc(-c2cc(C)c(C(=O)NC(C)C(=O)O)c(C)c2)c1)c1ccc(Cl)c(C)c1. The summed E-state index contributed by atoms with van der Waals surface area (Å²) >= 11 is 6.21. The lowest BCUT2D eigenvalue weighted by Crippen LogP contribution is -2.38. The van der Waals surface area contributed by atoms with Crippen molar-refractivity contribution < 1.29 is 14.7 Å². The minimum Gasteiger partial charge on any atom is -0.480 e. The maximum atomic E-state index is 12.6. The number of carboxylic acid groups (broad SMARTS) is 1. The van der Waals surface area contributed by atoms with Crippen molar-refractivity contribution in [3.63, 3.8) is 0 Å². The van der Waals surface area contributed by atoms with Gasteiger partial charge in [-0.2, -0.15) is 0 Å². The van der Waals surface area contributed by atoms with Gasteiger partial charge in [-0.1, -0.05) is 35.9 Å². The van der Waals surface area contributed by atoms with Gasteiger partial charge in [-0.3, -0.25) is 9.59 Å². The molecule has 3 aromatic rings. The zero-order valence-corrected chi connectivity index (χ0v) is 20.3. The fraction of sp³-hybridized carbons (Fsp3) is 0.259. The Hall–Kier alpha value is -3.31. The third kappa shape index (κ3) is 5.37. The molecule has 1 atom stereocenters. The smallest absolute Gasteiger partial charge is 0.325 e. The highest BCUT2D eigenvalue weighted by atomic mass is 35.5. The fourth-order valence-corrected chi connectivity index (χ4v) is 4.10. The molecule has 0 aliphatic heterocycles. The number of anilines is 2. The molecule has 1 amide bonds. The van der Waals surface area contributed by atoms with E-state index in [9.17, 15) is 9.59 Å². The number of carboxylic acids is 1. The lowest BCUT2D eigenvalue weighted by Gasteiger charge is -2.25. The van der Waals surface area contributed by atoms with Crippen LogP contribution in [0.2, 0.25) is 5.02 Å². The monoisotopic (exact) mass is 464 g/mol. The quantitative estimate of drug-likeness (QED) is 0.431. The molecular weight excluding hydrogens is 436 g/mol. The number of aliphatic carboxylic acids is 1. The first-order valence-corrected chi connectivity index (χ1v) is 11.3. The number of amides is 1. The number of rotatable bonds is 7. The first kappa shape index (κ1) is 24.3. The molecule has 0 radical (unpaired) electrons. The number of benzene rings is 3. The fourth-order valence-electron chi connectivity index (χ4n) is 3.98. The average molecular weight is 465 g/mol. The maximum Gasteiger partial charge on any atom is 0.325 e. The molecule has 0 saturated heterocycles. The van der Waals surface area contributed by atoms with Gasteiger partial charge in [0.05, 0.1) is 0 Å². The number of carbonyl (C=O) groups is 2. The average Bonchev–Trinajstić information content (AvgIpc) is 2.76. The van der Waals surface area contributed by atoms with Crippen LogP contribution in [0, 0.1) is 20.8 Å². The lowest BCUT2D eigenvalue weighted by molar-refractivity contribution is -0.138. The van der Waals surface area contributed by atoms with Crippen molar-refractivity contribution in [2.24, 2.45) is 0 Å². The molecule has 0 aliphatic carbocycles. The number of carbonyl (C=O) groups excluding carboxylic acids is 1. The Kier molecular flexibility index (Phi) is 7.44. The lowest BCUT2D eigenvalue weighted by atomic mass is 9.94. The molecule has 5 nitrogen and oxygen atoms in total. The molecule has 3 rings (SSSR count). The summed E-state index contributed by atoms with van der Waals surface area (Å²) in [6.07, 6.45) is 0. The van der Waals surface area contributed by atoms with Gasteiger partial charge in [-0.05, 0) is 92.8 Å². The zero-order chi connectivity index (χ0) is 24.3. The normalized spacial score (nSPS) is 11.7. The Bertz CT molecular complexity index is 1180. The highest BCUT2D eigenvalue weighted by Gasteiger charge is 2.19. The van der Waals surface area contributed by atoms with Crippen molar-refractivity contribution in [2.45, 2.75) is 40.7 Å². The summed E-state index contributed by atoms with van der Waals surface area (Å²) < 4.78 is 0. The third-order valence-electron chi connectivity index (χ3n) is 5.74. The van der Waals surface area contributed by atoms with Crippen molar-refractivity contribution in [1.29, 1.82) is 0 Å². The second-order valence-corrected chi connectivity index (χ2v) is 8.65. The van der Waals surface area contributed by atoms with E-state index in [1.807, 2.05) is 57.2 Å². The molecule has 0 heterocycles. The van der Waals surface area contributed by atoms with Crippen LogP contribution in [-0.2, 0) is 4.79 Å². The van der Waals surface area contributed by atoms with Gasteiger partial charge in [0.2, 0.25) is 0 Å². The van der Waals surface area contributed by atoms with E-state index in [4.69, 9.17) is 16.7 Å². The summed E-state index contributed by atoms with van der Waals surface area (Å²) in [6, 6.07) is 17.3. The minimum absolute atomic E-state index is 0.379. The Morgan fingerprint density at radius 3 is 2.15 bits per heavy atom. The number of nitrogens with zero attached hydrogens (tertiary/aromatic N) is 1. The number of hydrogen-bond donors (Lipinski definition) is 2. The van der Waals surface area contributed by atoms with E-state index in [-0.39, 0.29) is 5.91 Å². The highest BCUT2D eigenvalue weighted by molar-refractivity contribution is 6.31. The van der Waals surface area contributed by atoms with E-state index in [0.29, 0.717) is 5.56 Å². The summed E-state index contributed by atoms with van der Waals surface area (Å²) in [6.45, 7) is 10.1. The van der Waals surface area contributed by atoms with Gasteiger partial charge in [0.1, 0.15) is 6.04 Å². The van der Waals surface area contributed by atoms with Crippen LogP contribution in [0.1, 0.15) is 40.9 Å². The predicted octanol–water partition coefficient (Wildman–Crippen LogP) is 6.29. The molecule has 0 bridgehead atoms. The molecule has 0 aromatic heterocycles. The van der Waals surface area contributed by atoms with E-state index in [2.05, 4.69) is 35.3 Å². The van der Waals surface area contributed by atoms with Crippen molar-refractivity contribution >= 4 is 34.9 Å². The van der Waals surface area contributed by atoms with Crippen LogP contribution < -0.4 is 10.2 Å². The van der Waals surface area contributed by atoms with Gasteiger partial charge in [0.25, 0.3) is 5.91 Å². The van der Waals surface area contributed by atoms with E-state index in [1.165, 1.54) is 6.92 Å². The summed E-state index contributed by atoms with van der Waals surface area (Å²) in [7, 11) is 0. The molecule has 0 aliphatic rings. The van der Waals surface area contributed by atoms with Gasteiger partial charge < -0.3 is 15.3 Å². The molecular formula is C27H29ClN2O3. The largest absolute Gasteiger partial charge is 0.480 e. The van der Waals surface area contributed by atoms with E-state index in [1.54, 1.807) is 0 Å². The van der Waals surface area contributed by atoms with Crippen LogP contribution in [0.25, 0.3) is 11.1 Å². The highest BCUT2D eigenvalue weighted by Crippen LogP contribution is 2.32. The maximum absolute atomic E-state index is 12.6. The molecule has 1 unspecified atom stereocenters. The summed E-state index contributed by atoms with van der Waals surface area (Å²) in [5.41, 5.74) is 7.30. The Balaban J connectivity index is 1.96. The molecule has 3 aromatic carbocycles. The van der Waals surface area contributed by atoms with Crippen LogP contribution in [0.3, 0.4) is 0 Å². The van der Waals surface area contributed by atoms with E-state index < -0.39 is 12.0 Å². The number of hydrogen-bond acceptors (Lipinski definition) is 3. The topological polar surface area (TPSA) is 69.6 Å². The van der Waals surface area contributed by atoms with Crippen molar-refractivity contribution in [3.05, 3.63) is 81.9 Å². The zero-order valence-electron chi connectivity index (χ0n) is 19.6. The molecule has 0 saturated carbocycles.